The van der Waals surface area contributed by atoms with Crippen molar-refractivity contribution in [2.45, 2.75) is 0 Å². The molecule has 5 nitrogen and oxygen atoms in total. The Morgan fingerprint density at radius 2 is 1.55 bits per heavy atom. The zero-order valence-electron chi connectivity index (χ0n) is 15.1. The van der Waals surface area contributed by atoms with Crippen molar-refractivity contribution in [3.63, 3.8) is 0 Å². The molecule has 1 aromatic heterocycles. The number of fused-ring (bicyclic) bond motifs is 2. The number of carbonyl (C=O) groups is 2. The van der Waals surface area contributed by atoms with E-state index in [9.17, 15) is 9.59 Å². The molecule has 0 bridgehead atoms. The normalized spacial score (nSPS) is 13.6. The second-order valence-corrected chi connectivity index (χ2v) is 7.12. The third kappa shape index (κ3) is 2.83. The molecule has 140 valence electrons. The number of carbonyl (C=O) groups excluding carboxylic acids is 2. The molecular formula is C23H14ClN3O2. The van der Waals surface area contributed by atoms with Crippen molar-refractivity contribution in [3.05, 3.63) is 94.1 Å². The predicted octanol–water partition coefficient (Wildman–Crippen LogP) is 5.19. The molecule has 0 fully saturated rings. The lowest BCUT2D eigenvalue weighted by Crippen LogP contribution is -2.30. The van der Waals surface area contributed by atoms with E-state index in [2.05, 4.69) is 10.2 Å². The molecule has 2 amide bonds. The summed E-state index contributed by atoms with van der Waals surface area (Å²) in [6.45, 7) is 0. The van der Waals surface area contributed by atoms with Gasteiger partial charge in [-0.1, -0.05) is 54.1 Å². The van der Waals surface area contributed by atoms with E-state index in [1.165, 1.54) is 4.90 Å². The molecule has 0 saturated heterocycles. The fourth-order valence-corrected chi connectivity index (χ4v) is 3.71. The average molecular weight is 400 g/mol. The zero-order chi connectivity index (χ0) is 20.0. The zero-order valence-corrected chi connectivity index (χ0v) is 15.9. The van der Waals surface area contributed by atoms with Gasteiger partial charge in [-0.15, -0.1) is 0 Å². The smallest absolute Gasteiger partial charge is 0.266 e. The number of H-pyrrole nitrogens is 1. The molecule has 2 heterocycles. The lowest BCUT2D eigenvalue weighted by molar-refractivity contribution is 0.0926. The molecule has 0 atom stereocenters. The molecule has 0 unspecified atom stereocenters. The molecular weight excluding hydrogens is 386 g/mol. The molecule has 1 aliphatic rings. The molecule has 0 radical (unpaired) electrons. The van der Waals surface area contributed by atoms with Gasteiger partial charge < -0.3 is 0 Å². The Kier molecular flexibility index (Phi) is 4.03. The number of aromatic nitrogens is 2. The Labute approximate surface area is 171 Å². The number of para-hydroxylation sites is 1. The van der Waals surface area contributed by atoms with Crippen LogP contribution in [0.25, 0.3) is 23.1 Å². The number of nitrogens with one attached hydrogen (secondary N) is 1. The number of aromatic amines is 1. The summed E-state index contributed by atoms with van der Waals surface area (Å²) in [7, 11) is 0. The number of hydrogen-bond acceptors (Lipinski definition) is 3. The molecule has 6 heteroatoms. The maximum atomic E-state index is 12.9. The molecule has 5 rings (SSSR count). The summed E-state index contributed by atoms with van der Waals surface area (Å²) >= 11 is 6.19. The number of benzene rings is 3. The maximum Gasteiger partial charge on any atom is 0.266 e. The molecule has 1 N–H and O–H groups in total. The Hall–Kier alpha value is -3.70. The van der Waals surface area contributed by atoms with Crippen molar-refractivity contribution in [1.82, 2.24) is 10.2 Å². The van der Waals surface area contributed by atoms with E-state index in [-0.39, 0.29) is 11.8 Å². The summed E-state index contributed by atoms with van der Waals surface area (Å²) in [6.07, 6.45) is 3.68. The third-order valence-electron chi connectivity index (χ3n) is 4.95. The van der Waals surface area contributed by atoms with Crippen LogP contribution < -0.4 is 4.90 Å². The molecule has 4 aromatic rings. The van der Waals surface area contributed by atoms with Gasteiger partial charge in [0.05, 0.1) is 28.0 Å². The van der Waals surface area contributed by atoms with Gasteiger partial charge in [0.1, 0.15) is 0 Å². The minimum atomic E-state index is -0.354. The highest BCUT2D eigenvalue weighted by molar-refractivity contribution is 6.36. The number of rotatable bonds is 3. The van der Waals surface area contributed by atoms with Crippen LogP contribution in [0.4, 0.5) is 5.69 Å². The van der Waals surface area contributed by atoms with E-state index < -0.39 is 0 Å². The van der Waals surface area contributed by atoms with E-state index in [4.69, 9.17) is 11.6 Å². The first-order valence-corrected chi connectivity index (χ1v) is 9.40. The van der Waals surface area contributed by atoms with Gasteiger partial charge in [-0.3, -0.25) is 14.7 Å². The Bertz CT molecular complexity index is 1290. The van der Waals surface area contributed by atoms with E-state index in [0.29, 0.717) is 27.4 Å². The highest BCUT2D eigenvalue weighted by atomic mass is 35.5. The first kappa shape index (κ1) is 17.4. The lowest BCUT2D eigenvalue weighted by atomic mass is 10.1. The maximum absolute atomic E-state index is 12.9. The van der Waals surface area contributed by atoms with Crippen LogP contribution in [-0.4, -0.2) is 22.0 Å². The first-order valence-electron chi connectivity index (χ1n) is 9.02. The monoisotopic (exact) mass is 399 g/mol. The van der Waals surface area contributed by atoms with Gasteiger partial charge in [-0.25, -0.2) is 4.90 Å². The van der Waals surface area contributed by atoms with Gasteiger partial charge in [-0.2, -0.15) is 5.10 Å². The van der Waals surface area contributed by atoms with Gasteiger partial charge in [0, 0.05) is 10.4 Å². The summed E-state index contributed by atoms with van der Waals surface area (Å²) in [6, 6.07) is 19.8. The van der Waals surface area contributed by atoms with Gasteiger partial charge in [0.2, 0.25) is 0 Å². The number of imide groups is 1. The van der Waals surface area contributed by atoms with Gasteiger partial charge in [0.15, 0.2) is 0 Å². The van der Waals surface area contributed by atoms with Crippen molar-refractivity contribution in [2.24, 2.45) is 0 Å². The Balaban J connectivity index is 1.58. The van der Waals surface area contributed by atoms with Gasteiger partial charge in [-0.05, 0) is 42.0 Å². The fourth-order valence-electron chi connectivity index (χ4n) is 3.54. The largest absolute Gasteiger partial charge is 0.277 e. The molecule has 0 saturated carbocycles. The molecule has 0 spiro atoms. The van der Waals surface area contributed by atoms with Crippen molar-refractivity contribution in [1.29, 1.82) is 0 Å². The molecule has 1 aliphatic heterocycles. The van der Waals surface area contributed by atoms with Crippen LogP contribution in [0.1, 0.15) is 32.0 Å². The lowest BCUT2D eigenvalue weighted by Gasteiger charge is -2.17. The van der Waals surface area contributed by atoms with E-state index in [1.54, 1.807) is 42.5 Å². The van der Waals surface area contributed by atoms with E-state index in [0.717, 1.165) is 16.6 Å². The summed E-state index contributed by atoms with van der Waals surface area (Å²) in [5.74, 6) is -0.708. The molecule has 3 aromatic carbocycles. The van der Waals surface area contributed by atoms with Crippen LogP contribution in [0.2, 0.25) is 5.02 Å². The van der Waals surface area contributed by atoms with Crippen LogP contribution >= 0.6 is 11.6 Å². The van der Waals surface area contributed by atoms with Crippen molar-refractivity contribution >= 4 is 52.2 Å². The van der Waals surface area contributed by atoms with Crippen LogP contribution in [0.3, 0.4) is 0 Å². The third-order valence-corrected chi connectivity index (χ3v) is 5.18. The number of hydrogen-bond donors (Lipinski definition) is 1. The van der Waals surface area contributed by atoms with Crippen molar-refractivity contribution in [2.75, 3.05) is 4.90 Å². The predicted molar refractivity (Wildman–Crippen MR) is 114 cm³/mol. The molecule has 29 heavy (non-hydrogen) atoms. The standard InChI is InChI=1S/C23H14ClN3O2/c24-15-11-9-14(10-12-20-18-7-3-4-8-19(18)25-26-20)21(13-15)27-22(28)16-5-1-2-6-17(16)23(27)29/h1-13H,(H,25,26)/b12-10+. The minimum Gasteiger partial charge on any atom is -0.277 e. The number of nitrogens with zero attached hydrogens (tertiary/aromatic N) is 2. The average Bonchev–Trinajstić information content (AvgIpc) is 3.26. The fraction of sp³-hybridized carbons (Fsp3) is 0. The van der Waals surface area contributed by atoms with Crippen molar-refractivity contribution in [3.8, 4) is 0 Å². The Morgan fingerprint density at radius 1 is 0.862 bits per heavy atom. The highest BCUT2D eigenvalue weighted by Crippen LogP contribution is 2.33. The number of amides is 2. The number of halogens is 1. The van der Waals surface area contributed by atoms with Crippen LogP contribution in [0.15, 0.2) is 66.7 Å². The second kappa shape index (κ2) is 6.72. The number of anilines is 1. The minimum absolute atomic E-state index is 0.354. The summed E-state index contributed by atoms with van der Waals surface area (Å²) in [5.41, 5.74) is 3.62. The topological polar surface area (TPSA) is 66.1 Å². The first-order chi connectivity index (χ1) is 14.1. The quantitative estimate of drug-likeness (QED) is 0.482. The summed E-state index contributed by atoms with van der Waals surface area (Å²) < 4.78 is 0. The van der Waals surface area contributed by atoms with Gasteiger partial charge in [0.25, 0.3) is 11.8 Å². The Morgan fingerprint density at radius 3 is 2.31 bits per heavy atom. The summed E-state index contributed by atoms with van der Waals surface area (Å²) in [5, 5.41) is 8.75. The SMILES string of the molecule is O=C1c2ccccc2C(=O)N1c1cc(Cl)ccc1/C=C/c1n[nH]c2ccccc12. The molecule has 0 aliphatic carbocycles. The van der Waals surface area contributed by atoms with Gasteiger partial charge >= 0.3 is 0 Å². The van der Waals surface area contributed by atoms with E-state index >= 15 is 0 Å². The van der Waals surface area contributed by atoms with Crippen LogP contribution in [-0.2, 0) is 0 Å². The second-order valence-electron chi connectivity index (χ2n) is 6.68. The van der Waals surface area contributed by atoms with Crippen LogP contribution in [0, 0.1) is 0 Å². The highest BCUT2D eigenvalue weighted by Gasteiger charge is 2.37. The van der Waals surface area contributed by atoms with E-state index in [1.807, 2.05) is 36.4 Å². The van der Waals surface area contributed by atoms with Crippen LogP contribution in [0.5, 0.6) is 0 Å². The van der Waals surface area contributed by atoms with Crippen molar-refractivity contribution < 1.29 is 9.59 Å². The summed E-state index contributed by atoms with van der Waals surface area (Å²) in [4.78, 5) is 27.0.